The van der Waals surface area contributed by atoms with Gasteiger partial charge in [-0.05, 0) is 52.4 Å². The van der Waals surface area contributed by atoms with Gasteiger partial charge in [-0.15, -0.1) is 0 Å². The van der Waals surface area contributed by atoms with Gasteiger partial charge in [0.25, 0.3) is 5.91 Å². The van der Waals surface area contributed by atoms with Crippen molar-refractivity contribution in [3.63, 3.8) is 0 Å². The Labute approximate surface area is 141 Å². The van der Waals surface area contributed by atoms with E-state index in [9.17, 15) is 9.59 Å². The second kappa shape index (κ2) is 8.54. The standard InChI is InChI=1S/C15H19Br2NO3/c1-9(2)5-10(6-14(19)20)8-18-15(21)12-7-11(16)3-4-13(12)17/h3-4,7,9-10H,5-6,8H2,1-2H3,(H,18,21)(H,19,20). The molecule has 0 spiro atoms. The first kappa shape index (κ1) is 18.2. The molecule has 0 radical (unpaired) electrons. The maximum atomic E-state index is 12.2. The van der Waals surface area contributed by atoms with E-state index >= 15 is 0 Å². The number of rotatable bonds is 7. The van der Waals surface area contributed by atoms with Gasteiger partial charge in [0.2, 0.25) is 0 Å². The topological polar surface area (TPSA) is 66.4 Å². The number of benzene rings is 1. The molecular weight excluding hydrogens is 402 g/mol. The molecule has 1 rings (SSSR count). The number of carbonyl (C=O) groups is 2. The zero-order valence-electron chi connectivity index (χ0n) is 12.0. The maximum absolute atomic E-state index is 12.2. The normalized spacial score (nSPS) is 12.2. The van der Waals surface area contributed by atoms with E-state index in [1.165, 1.54) is 0 Å². The van der Waals surface area contributed by atoms with Crippen molar-refractivity contribution in [3.05, 3.63) is 32.7 Å². The third kappa shape index (κ3) is 6.61. The van der Waals surface area contributed by atoms with Crippen molar-refractivity contribution < 1.29 is 14.7 Å². The Balaban J connectivity index is 2.68. The average Bonchev–Trinajstić information content (AvgIpc) is 2.37. The SMILES string of the molecule is CC(C)CC(CNC(=O)c1cc(Br)ccc1Br)CC(=O)O. The van der Waals surface area contributed by atoms with E-state index in [-0.39, 0.29) is 18.2 Å². The van der Waals surface area contributed by atoms with Crippen LogP contribution >= 0.6 is 31.9 Å². The first-order valence-corrected chi connectivity index (χ1v) is 8.33. The fourth-order valence-corrected chi connectivity index (χ4v) is 2.94. The Bertz CT molecular complexity index is 518. The number of hydrogen-bond acceptors (Lipinski definition) is 2. The Morgan fingerprint density at radius 3 is 2.52 bits per heavy atom. The van der Waals surface area contributed by atoms with Crippen LogP contribution in [0.2, 0.25) is 0 Å². The molecule has 2 N–H and O–H groups in total. The molecule has 0 saturated heterocycles. The Morgan fingerprint density at radius 1 is 1.29 bits per heavy atom. The zero-order chi connectivity index (χ0) is 16.0. The highest BCUT2D eigenvalue weighted by Crippen LogP contribution is 2.22. The monoisotopic (exact) mass is 419 g/mol. The number of carbonyl (C=O) groups excluding carboxylic acids is 1. The van der Waals surface area contributed by atoms with E-state index in [2.05, 4.69) is 37.2 Å². The van der Waals surface area contributed by atoms with Gasteiger partial charge in [-0.25, -0.2) is 0 Å². The van der Waals surface area contributed by atoms with Gasteiger partial charge in [-0.1, -0.05) is 29.8 Å². The fraction of sp³-hybridized carbons (Fsp3) is 0.467. The highest BCUT2D eigenvalue weighted by atomic mass is 79.9. The Morgan fingerprint density at radius 2 is 1.95 bits per heavy atom. The van der Waals surface area contributed by atoms with Crippen LogP contribution in [-0.4, -0.2) is 23.5 Å². The molecule has 0 aliphatic carbocycles. The lowest BCUT2D eigenvalue weighted by molar-refractivity contribution is -0.138. The lowest BCUT2D eigenvalue weighted by Gasteiger charge is -2.18. The molecule has 1 atom stereocenters. The van der Waals surface area contributed by atoms with Gasteiger partial charge in [-0.2, -0.15) is 0 Å². The number of hydrogen-bond donors (Lipinski definition) is 2. The summed E-state index contributed by atoms with van der Waals surface area (Å²) in [6.07, 6.45) is 0.838. The molecule has 4 nitrogen and oxygen atoms in total. The quantitative estimate of drug-likeness (QED) is 0.698. The molecule has 1 amide bonds. The van der Waals surface area contributed by atoms with Gasteiger partial charge in [0, 0.05) is 21.9 Å². The molecule has 1 unspecified atom stereocenters. The van der Waals surface area contributed by atoms with E-state index in [0.717, 1.165) is 10.9 Å². The highest BCUT2D eigenvalue weighted by molar-refractivity contribution is 9.11. The minimum Gasteiger partial charge on any atom is -0.481 e. The minimum atomic E-state index is -0.835. The number of carboxylic acids is 1. The molecule has 21 heavy (non-hydrogen) atoms. The van der Waals surface area contributed by atoms with E-state index in [0.29, 0.717) is 22.5 Å². The number of nitrogens with one attached hydrogen (secondary N) is 1. The number of carboxylic acid groups (broad SMARTS) is 1. The zero-order valence-corrected chi connectivity index (χ0v) is 15.2. The molecule has 1 aromatic carbocycles. The summed E-state index contributed by atoms with van der Waals surface area (Å²) in [5.74, 6) is -0.706. The molecule has 0 aliphatic heterocycles. The maximum Gasteiger partial charge on any atom is 0.303 e. The number of amides is 1. The van der Waals surface area contributed by atoms with Gasteiger partial charge < -0.3 is 10.4 Å². The average molecular weight is 421 g/mol. The molecular formula is C15H19Br2NO3. The van der Waals surface area contributed by atoms with Crippen LogP contribution in [-0.2, 0) is 4.79 Å². The van der Waals surface area contributed by atoms with Crippen LogP contribution in [0.3, 0.4) is 0 Å². The predicted molar refractivity (Wildman–Crippen MR) is 89.4 cm³/mol. The van der Waals surface area contributed by atoms with Gasteiger partial charge >= 0.3 is 5.97 Å². The van der Waals surface area contributed by atoms with Gasteiger partial charge in [0.1, 0.15) is 0 Å². The van der Waals surface area contributed by atoms with Crippen molar-refractivity contribution in [2.24, 2.45) is 11.8 Å². The van der Waals surface area contributed by atoms with E-state index in [1.807, 2.05) is 19.9 Å². The van der Waals surface area contributed by atoms with Crippen LogP contribution in [0, 0.1) is 11.8 Å². The van der Waals surface area contributed by atoms with E-state index < -0.39 is 5.97 Å². The molecule has 0 bridgehead atoms. The fourth-order valence-electron chi connectivity index (χ4n) is 2.16. The summed E-state index contributed by atoms with van der Waals surface area (Å²) in [6.45, 7) is 4.45. The smallest absolute Gasteiger partial charge is 0.303 e. The first-order chi connectivity index (χ1) is 9.79. The van der Waals surface area contributed by atoms with Crippen LogP contribution in [0.15, 0.2) is 27.1 Å². The van der Waals surface area contributed by atoms with Gasteiger partial charge in [0.05, 0.1) is 5.56 Å². The summed E-state index contributed by atoms with van der Waals surface area (Å²) in [6, 6.07) is 5.36. The molecule has 0 fully saturated rings. The van der Waals surface area contributed by atoms with Crippen LogP contribution < -0.4 is 5.32 Å². The van der Waals surface area contributed by atoms with Crippen molar-refractivity contribution >= 4 is 43.7 Å². The summed E-state index contributed by atoms with van der Waals surface area (Å²) in [5, 5.41) is 11.8. The van der Waals surface area contributed by atoms with Crippen molar-refractivity contribution in [2.45, 2.75) is 26.7 Å². The summed E-state index contributed by atoms with van der Waals surface area (Å²) < 4.78 is 1.53. The number of aliphatic carboxylic acids is 1. The highest BCUT2D eigenvalue weighted by Gasteiger charge is 2.17. The molecule has 0 aliphatic rings. The summed E-state index contributed by atoms with van der Waals surface area (Å²) in [4.78, 5) is 23.1. The van der Waals surface area contributed by atoms with E-state index in [1.54, 1.807) is 12.1 Å². The van der Waals surface area contributed by atoms with Crippen molar-refractivity contribution in [1.29, 1.82) is 0 Å². The van der Waals surface area contributed by atoms with E-state index in [4.69, 9.17) is 5.11 Å². The largest absolute Gasteiger partial charge is 0.481 e. The lowest BCUT2D eigenvalue weighted by atomic mass is 9.94. The number of halogens is 2. The first-order valence-electron chi connectivity index (χ1n) is 6.74. The lowest BCUT2D eigenvalue weighted by Crippen LogP contribution is -2.31. The third-order valence-electron chi connectivity index (χ3n) is 2.99. The Hall–Kier alpha value is -0.880. The third-order valence-corrected chi connectivity index (χ3v) is 4.18. The molecule has 116 valence electrons. The second-order valence-electron chi connectivity index (χ2n) is 5.43. The van der Waals surface area contributed by atoms with Gasteiger partial charge in [0.15, 0.2) is 0 Å². The second-order valence-corrected chi connectivity index (χ2v) is 7.20. The van der Waals surface area contributed by atoms with Crippen LogP contribution in [0.5, 0.6) is 0 Å². The molecule has 0 heterocycles. The molecule has 0 aromatic heterocycles. The molecule has 6 heteroatoms. The van der Waals surface area contributed by atoms with Gasteiger partial charge in [-0.3, -0.25) is 9.59 Å². The van der Waals surface area contributed by atoms with Crippen molar-refractivity contribution in [3.8, 4) is 0 Å². The molecule has 1 aromatic rings. The summed E-state index contributed by atoms with van der Waals surface area (Å²) >= 11 is 6.67. The van der Waals surface area contributed by atoms with Crippen molar-refractivity contribution in [2.75, 3.05) is 6.54 Å². The van der Waals surface area contributed by atoms with Crippen LogP contribution in [0.1, 0.15) is 37.0 Å². The molecule has 0 saturated carbocycles. The summed E-state index contributed by atoms with van der Waals surface area (Å²) in [7, 11) is 0. The Kier molecular flexibility index (Phi) is 7.39. The predicted octanol–water partition coefficient (Wildman–Crippen LogP) is 4.08. The van der Waals surface area contributed by atoms with Crippen molar-refractivity contribution in [1.82, 2.24) is 5.32 Å². The minimum absolute atomic E-state index is 0.0580. The van der Waals surface area contributed by atoms with Crippen LogP contribution in [0.4, 0.5) is 0 Å². The van der Waals surface area contributed by atoms with Crippen LogP contribution in [0.25, 0.3) is 0 Å². The summed E-state index contributed by atoms with van der Waals surface area (Å²) in [5.41, 5.74) is 0.531.